The highest BCUT2D eigenvalue weighted by atomic mass is 32.1. The van der Waals surface area contributed by atoms with Crippen molar-refractivity contribution in [2.24, 2.45) is 0 Å². The molecular formula is C14H18N2OS. The van der Waals surface area contributed by atoms with E-state index in [1.54, 1.807) is 7.11 Å². The Morgan fingerprint density at radius 2 is 2.22 bits per heavy atom. The lowest BCUT2D eigenvalue weighted by atomic mass is 9.74. The molecule has 0 bridgehead atoms. The number of methoxy groups -OCH3 is 1. The first kappa shape index (κ1) is 11.8. The molecule has 1 aromatic heterocycles. The van der Waals surface area contributed by atoms with E-state index in [-0.39, 0.29) is 5.54 Å². The number of fused-ring (bicyclic) bond motifs is 1. The van der Waals surface area contributed by atoms with Crippen molar-refractivity contribution in [2.45, 2.75) is 38.1 Å². The number of nitrogens with one attached hydrogen (secondary N) is 1. The van der Waals surface area contributed by atoms with Gasteiger partial charge < -0.3 is 14.3 Å². The molecule has 0 radical (unpaired) electrons. The second kappa shape index (κ2) is 4.12. The third-order valence-electron chi connectivity index (χ3n) is 4.32. The van der Waals surface area contributed by atoms with Crippen molar-refractivity contribution < 1.29 is 4.74 Å². The number of hydrogen-bond donors (Lipinski definition) is 1. The molecule has 4 heteroatoms. The monoisotopic (exact) mass is 262 g/mol. The summed E-state index contributed by atoms with van der Waals surface area (Å²) in [6, 6.07) is 6.12. The third kappa shape index (κ3) is 1.45. The van der Waals surface area contributed by atoms with Gasteiger partial charge in [0.15, 0.2) is 4.77 Å². The maximum absolute atomic E-state index is 5.53. The third-order valence-corrected chi connectivity index (χ3v) is 4.60. The van der Waals surface area contributed by atoms with E-state index in [9.17, 15) is 0 Å². The van der Waals surface area contributed by atoms with Crippen LogP contribution in [0.5, 0.6) is 5.75 Å². The standard InChI is InChI=1S/C14H18N2OS/c1-3-14(8-5-9-14)16-10-6-4-7-11(17-2)12(10)15-13(16)18/h4,6-7H,3,5,8-9H2,1-2H3,(H,15,18). The van der Waals surface area contributed by atoms with Gasteiger partial charge in [0.25, 0.3) is 0 Å². The van der Waals surface area contributed by atoms with E-state index < -0.39 is 0 Å². The van der Waals surface area contributed by atoms with Crippen molar-refractivity contribution in [3.05, 3.63) is 23.0 Å². The molecule has 1 heterocycles. The van der Waals surface area contributed by atoms with E-state index in [2.05, 4.69) is 22.5 Å². The van der Waals surface area contributed by atoms with E-state index in [1.807, 2.05) is 12.1 Å². The van der Waals surface area contributed by atoms with Crippen LogP contribution in [0.1, 0.15) is 32.6 Å². The largest absolute Gasteiger partial charge is 0.494 e. The number of aromatic nitrogens is 2. The Balaban J connectivity index is 2.30. The molecule has 1 saturated carbocycles. The van der Waals surface area contributed by atoms with Crippen molar-refractivity contribution in [2.75, 3.05) is 7.11 Å². The molecule has 1 fully saturated rings. The Morgan fingerprint density at radius 3 is 2.78 bits per heavy atom. The number of aromatic amines is 1. The van der Waals surface area contributed by atoms with Crippen LogP contribution in [0.25, 0.3) is 11.0 Å². The minimum absolute atomic E-state index is 0.224. The Morgan fingerprint density at radius 1 is 1.44 bits per heavy atom. The smallest absolute Gasteiger partial charge is 0.178 e. The SMILES string of the molecule is CCC1(n2c(=S)[nH]c3c(OC)cccc32)CCC1. The van der Waals surface area contributed by atoms with Crippen molar-refractivity contribution in [3.63, 3.8) is 0 Å². The van der Waals surface area contributed by atoms with Crippen LogP contribution in [-0.4, -0.2) is 16.7 Å². The number of nitrogens with zero attached hydrogens (tertiary/aromatic N) is 1. The van der Waals surface area contributed by atoms with Crippen LogP contribution in [0.15, 0.2) is 18.2 Å². The molecular weight excluding hydrogens is 244 g/mol. The van der Waals surface area contributed by atoms with E-state index in [0.717, 1.165) is 22.5 Å². The summed E-state index contributed by atoms with van der Waals surface area (Å²) in [5.41, 5.74) is 2.41. The molecule has 0 amide bonds. The van der Waals surface area contributed by atoms with Gasteiger partial charge in [-0.25, -0.2) is 0 Å². The van der Waals surface area contributed by atoms with E-state index in [0.29, 0.717) is 0 Å². The van der Waals surface area contributed by atoms with Gasteiger partial charge in [-0.05, 0) is 50.0 Å². The predicted molar refractivity (Wildman–Crippen MR) is 75.8 cm³/mol. The molecule has 0 unspecified atom stereocenters. The zero-order chi connectivity index (χ0) is 12.8. The number of imidazole rings is 1. The van der Waals surface area contributed by atoms with Crippen LogP contribution in [0.4, 0.5) is 0 Å². The molecule has 1 aliphatic carbocycles. The zero-order valence-corrected chi connectivity index (χ0v) is 11.6. The molecule has 3 nitrogen and oxygen atoms in total. The molecule has 3 rings (SSSR count). The second-order valence-corrected chi connectivity index (χ2v) is 5.44. The molecule has 18 heavy (non-hydrogen) atoms. The summed E-state index contributed by atoms with van der Waals surface area (Å²) in [5, 5.41) is 0. The number of ether oxygens (including phenoxy) is 1. The predicted octanol–water partition coefficient (Wildman–Crippen LogP) is 4.00. The highest BCUT2D eigenvalue weighted by Crippen LogP contribution is 2.44. The van der Waals surface area contributed by atoms with E-state index >= 15 is 0 Å². The highest BCUT2D eigenvalue weighted by molar-refractivity contribution is 7.71. The highest BCUT2D eigenvalue weighted by Gasteiger charge is 2.38. The van der Waals surface area contributed by atoms with Gasteiger partial charge >= 0.3 is 0 Å². The molecule has 1 aromatic carbocycles. The molecule has 0 atom stereocenters. The summed E-state index contributed by atoms with van der Waals surface area (Å²) >= 11 is 5.53. The normalized spacial score (nSPS) is 17.7. The minimum Gasteiger partial charge on any atom is -0.494 e. The summed E-state index contributed by atoms with van der Waals surface area (Å²) in [6.45, 7) is 2.25. The fraction of sp³-hybridized carbons (Fsp3) is 0.500. The quantitative estimate of drug-likeness (QED) is 0.847. The maximum Gasteiger partial charge on any atom is 0.178 e. The van der Waals surface area contributed by atoms with Crippen LogP contribution >= 0.6 is 12.2 Å². The summed E-state index contributed by atoms with van der Waals surface area (Å²) in [6.07, 6.45) is 4.88. The molecule has 0 aliphatic heterocycles. The summed E-state index contributed by atoms with van der Waals surface area (Å²) in [5.74, 6) is 0.864. The maximum atomic E-state index is 5.53. The van der Waals surface area contributed by atoms with Gasteiger partial charge in [-0.15, -0.1) is 0 Å². The molecule has 96 valence electrons. The van der Waals surface area contributed by atoms with Gasteiger partial charge in [0.2, 0.25) is 0 Å². The van der Waals surface area contributed by atoms with Crippen molar-refractivity contribution in [1.82, 2.24) is 9.55 Å². The Labute approximate surface area is 112 Å². The average Bonchev–Trinajstić information content (AvgIpc) is 2.66. The van der Waals surface area contributed by atoms with Gasteiger partial charge in [0.1, 0.15) is 11.3 Å². The van der Waals surface area contributed by atoms with Gasteiger partial charge in [-0.1, -0.05) is 13.0 Å². The number of para-hydroxylation sites is 1. The lowest BCUT2D eigenvalue weighted by molar-refractivity contribution is 0.140. The summed E-state index contributed by atoms with van der Waals surface area (Å²) in [7, 11) is 1.70. The molecule has 1 N–H and O–H groups in total. The van der Waals surface area contributed by atoms with Crippen molar-refractivity contribution >= 4 is 23.3 Å². The van der Waals surface area contributed by atoms with E-state index in [4.69, 9.17) is 17.0 Å². The topological polar surface area (TPSA) is 29.9 Å². The fourth-order valence-electron chi connectivity index (χ4n) is 3.06. The summed E-state index contributed by atoms with van der Waals surface area (Å²) < 4.78 is 8.53. The van der Waals surface area contributed by atoms with Crippen LogP contribution in [-0.2, 0) is 5.54 Å². The molecule has 1 aliphatic rings. The fourth-order valence-corrected chi connectivity index (χ4v) is 3.46. The lowest BCUT2D eigenvalue weighted by Gasteiger charge is -2.43. The Kier molecular flexibility index (Phi) is 2.70. The number of benzene rings is 1. The molecule has 2 aromatic rings. The average molecular weight is 262 g/mol. The zero-order valence-electron chi connectivity index (χ0n) is 10.8. The number of rotatable bonds is 3. The second-order valence-electron chi connectivity index (χ2n) is 5.05. The lowest BCUT2D eigenvalue weighted by Crippen LogP contribution is -2.39. The minimum atomic E-state index is 0.224. The number of H-pyrrole nitrogens is 1. The van der Waals surface area contributed by atoms with Crippen LogP contribution < -0.4 is 4.74 Å². The van der Waals surface area contributed by atoms with Crippen LogP contribution in [0.2, 0.25) is 0 Å². The van der Waals surface area contributed by atoms with Gasteiger partial charge in [-0.2, -0.15) is 0 Å². The van der Waals surface area contributed by atoms with Crippen molar-refractivity contribution in [3.8, 4) is 5.75 Å². The van der Waals surface area contributed by atoms with Gasteiger partial charge in [0, 0.05) is 5.54 Å². The van der Waals surface area contributed by atoms with Crippen molar-refractivity contribution in [1.29, 1.82) is 0 Å². The summed E-state index contributed by atoms with van der Waals surface area (Å²) in [4.78, 5) is 3.31. The molecule has 0 spiro atoms. The first-order chi connectivity index (χ1) is 8.72. The first-order valence-electron chi connectivity index (χ1n) is 6.50. The Bertz CT molecular complexity index is 631. The van der Waals surface area contributed by atoms with Crippen LogP contribution in [0.3, 0.4) is 0 Å². The van der Waals surface area contributed by atoms with Gasteiger partial charge in [0.05, 0.1) is 12.6 Å². The molecule has 0 saturated heterocycles. The van der Waals surface area contributed by atoms with Crippen LogP contribution in [0, 0.1) is 4.77 Å². The number of hydrogen-bond acceptors (Lipinski definition) is 2. The van der Waals surface area contributed by atoms with E-state index in [1.165, 1.54) is 24.8 Å². The Hall–Kier alpha value is -1.29. The van der Waals surface area contributed by atoms with Gasteiger partial charge in [-0.3, -0.25) is 0 Å². The first-order valence-corrected chi connectivity index (χ1v) is 6.91.